The summed E-state index contributed by atoms with van der Waals surface area (Å²) in [6.45, 7) is 0.564. The number of hydrogen-bond acceptors (Lipinski definition) is 4. The second-order valence-electron chi connectivity index (χ2n) is 9.59. The number of hydrogen-bond donors (Lipinski definition) is 0. The van der Waals surface area contributed by atoms with E-state index in [-0.39, 0.29) is 48.0 Å². The first-order valence-electron chi connectivity index (χ1n) is 12.2. The van der Waals surface area contributed by atoms with Crippen molar-refractivity contribution in [2.45, 2.75) is 51.0 Å². The number of ketones is 1. The van der Waals surface area contributed by atoms with Gasteiger partial charge in [0.1, 0.15) is 11.6 Å². The Morgan fingerprint density at radius 3 is 2.20 bits per heavy atom. The Balaban J connectivity index is 1.27. The summed E-state index contributed by atoms with van der Waals surface area (Å²) >= 11 is 0. The van der Waals surface area contributed by atoms with Crippen molar-refractivity contribution in [3.8, 4) is 0 Å². The quantitative estimate of drug-likeness (QED) is 0.473. The zero-order valence-electron chi connectivity index (χ0n) is 19.3. The van der Waals surface area contributed by atoms with E-state index in [1.165, 1.54) is 11.0 Å². The number of benzene rings is 2. The molecule has 0 atom stereocenters. The van der Waals surface area contributed by atoms with Crippen molar-refractivity contribution in [1.82, 2.24) is 9.80 Å². The zero-order chi connectivity index (χ0) is 24.7. The minimum Gasteiger partial charge on any atom is -0.339 e. The van der Waals surface area contributed by atoms with Crippen molar-refractivity contribution in [3.05, 3.63) is 70.3 Å². The third-order valence-corrected chi connectivity index (χ3v) is 7.45. The second kappa shape index (κ2) is 9.32. The average molecular weight is 481 g/mol. The zero-order valence-corrected chi connectivity index (χ0v) is 19.3. The molecule has 1 saturated carbocycles. The van der Waals surface area contributed by atoms with Gasteiger partial charge in [0.05, 0.1) is 16.7 Å². The van der Waals surface area contributed by atoms with E-state index in [9.17, 15) is 28.0 Å². The molecule has 0 unspecified atom stereocenters. The van der Waals surface area contributed by atoms with Crippen molar-refractivity contribution in [2.24, 2.45) is 5.92 Å². The van der Waals surface area contributed by atoms with Gasteiger partial charge < -0.3 is 4.90 Å². The van der Waals surface area contributed by atoms with Crippen molar-refractivity contribution >= 4 is 23.5 Å². The van der Waals surface area contributed by atoms with Gasteiger partial charge in [0, 0.05) is 30.6 Å². The molecule has 0 radical (unpaired) electrons. The lowest BCUT2D eigenvalue weighted by molar-refractivity contribution is 0.0548. The summed E-state index contributed by atoms with van der Waals surface area (Å²) in [5.41, 5.74) is 0.645. The minimum absolute atomic E-state index is 0.0882. The highest BCUT2D eigenvalue weighted by molar-refractivity contribution is 6.22. The number of Topliss-reactive ketones (excluding diaryl/α,β-unsaturated/α-hetero) is 1. The smallest absolute Gasteiger partial charge is 0.261 e. The van der Waals surface area contributed by atoms with Crippen molar-refractivity contribution in [1.29, 1.82) is 0 Å². The predicted octanol–water partition coefficient (Wildman–Crippen LogP) is 4.63. The van der Waals surface area contributed by atoms with Crippen LogP contribution in [0.25, 0.3) is 0 Å². The summed E-state index contributed by atoms with van der Waals surface area (Å²) in [6, 6.07) is 7.35. The molecule has 3 amide bonds. The summed E-state index contributed by atoms with van der Waals surface area (Å²) in [6.07, 6.45) is 5.38. The van der Waals surface area contributed by atoms with Crippen molar-refractivity contribution < 1.29 is 28.0 Å². The molecule has 2 heterocycles. The summed E-state index contributed by atoms with van der Waals surface area (Å²) in [7, 11) is 0. The Bertz CT molecular complexity index is 1210. The third kappa shape index (κ3) is 4.26. The lowest BCUT2D eigenvalue weighted by atomic mass is 9.88. The van der Waals surface area contributed by atoms with Crippen LogP contribution < -0.4 is 0 Å². The number of piperidine rings is 1. The number of nitrogens with zero attached hydrogens (tertiary/aromatic N) is 2. The van der Waals surface area contributed by atoms with E-state index in [4.69, 9.17) is 0 Å². The molecule has 2 aromatic carbocycles. The van der Waals surface area contributed by atoms with Gasteiger partial charge in [-0.05, 0) is 62.1 Å². The molecular weight excluding hydrogens is 454 g/mol. The molecule has 5 rings (SSSR count). The van der Waals surface area contributed by atoms with Crippen LogP contribution in [0.4, 0.5) is 8.78 Å². The molecule has 1 aliphatic carbocycles. The van der Waals surface area contributed by atoms with Gasteiger partial charge in [0.25, 0.3) is 17.7 Å². The summed E-state index contributed by atoms with van der Waals surface area (Å²) in [5, 5.41) is 0. The Labute approximate surface area is 201 Å². The second-order valence-corrected chi connectivity index (χ2v) is 9.59. The van der Waals surface area contributed by atoms with Gasteiger partial charge in [0.15, 0.2) is 5.78 Å². The fourth-order valence-electron chi connectivity index (χ4n) is 5.50. The van der Waals surface area contributed by atoms with Gasteiger partial charge in [-0.2, -0.15) is 0 Å². The highest BCUT2D eigenvalue weighted by Crippen LogP contribution is 2.32. The Morgan fingerprint density at radius 2 is 1.49 bits per heavy atom. The van der Waals surface area contributed by atoms with E-state index >= 15 is 0 Å². The molecule has 182 valence electrons. The lowest BCUT2D eigenvalue weighted by Crippen LogP contribution is -2.41. The highest BCUT2D eigenvalue weighted by atomic mass is 19.1. The van der Waals surface area contributed by atoms with Gasteiger partial charge >= 0.3 is 0 Å². The summed E-state index contributed by atoms with van der Waals surface area (Å²) in [5.74, 6) is -3.31. The largest absolute Gasteiger partial charge is 0.339 e. The van der Waals surface area contributed by atoms with Gasteiger partial charge in [-0.3, -0.25) is 24.1 Å². The fourth-order valence-corrected chi connectivity index (χ4v) is 5.50. The molecule has 0 bridgehead atoms. The molecule has 35 heavy (non-hydrogen) atoms. The molecule has 2 aromatic rings. The first-order chi connectivity index (χ1) is 16.8. The van der Waals surface area contributed by atoms with Gasteiger partial charge in [-0.25, -0.2) is 8.78 Å². The molecule has 8 heteroatoms. The monoisotopic (exact) mass is 480 g/mol. The number of carbonyl (C=O) groups excluding carboxylic acids is 4. The SMILES string of the molecule is O=C(c1cc(F)ccc1F)C1CCN(C(=O)c2ccc3c(c2)C(=O)N(C2CCCCC2)C3=O)CC1. The predicted molar refractivity (Wildman–Crippen MR) is 123 cm³/mol. The third-order valence-electron chi connectivity index (χ3n) is 7.45. The van der Waals surface area contributed by atoms with Crippen molar-refractivity contribution in [2.75, 3.05) is 13.1 Å². The topological polar surface area (TPSA) is 74.8 Å². The van der Waals surface area contributed by atoms with Crippen LogP contribution in [0.2, 0.25) is 0 Å². The summed E-state index contributed by atoms with van der Waals surface area (Å²) in [4.78, 5) is 54.7. The van der Waals surface area contributed by atoms with Crippen LogP contribution in [-0.2, 0) is 0 Å². The fraction of sp³-hybridized carbons (Fsp3) is 0.407. The van der Waals surface area contributed by atoms with Crippen LogP contribution in [0.1, 0.15) is 86.4 Å². The van der Waals surface area contributed by atoms with E-state index in [2.05, 4.69) is 0 Å². The van der Waals surface area contributed by atoms with Gasteiger partial charge in [-0.15, -0.1) is 0 Å². The number of imide groups is 1. The maximum atomic E-state index is 14.0. The molecule has 0 spiro atoms. The molecule has 2 fully saturated rings. The van der Waals surface area contributed by atoms with Crippen LogP contribution in [0.5, 0.6) is 0 Å². The molecule has 3 aliphatic rings. The van der Waals surface area contributed by atoms with E-state index < -0.39 is 23.3 Å². The minimum atomic E-state index is -0.755. The Hall–Kier alpha value is -3.42. The first-order valence-corrected chi connectivity index (χ1v) is 12.2. The normalized spacial score (nSPS) is 19.3. The molecule has 1 saturated heterocycles. The standard InChI is InChI=1S/C27H26F2N2O4/c28-18-7-9-23(29)22(15-18)24(32)16-10-12-30(13-11-16)25(33)17-6-8-20-21(14-17)27(35)31(26(20)34)19-4-2-1-3-5-19/h6-9,14-16,19H,1-5,10-13H2. The highest BCUT2D eigenvalue weighted by Gasteiger charge is 2.41. The van der Waals surface area contributed by atoms with Crippen LogP contribution in [-0.4, -0.2) is 52.4 Å². The first kappa shape index (κ1) is 23.3. The van der Waals surface area contributed by atoms with E-state index in [1.54, 1.807) is 17.0 Å². The Morgan fingerprint density at radius 1 is 0.800 bits per heavy atom. The molecule has 0 aromatic heterocycles. The lowest BCUT2D eigenvalue weighted by Gasteiger charge is -2.31. The molecule has 6 nitrogen and oxygen atoms in total. The van der Waals surface area contributed by atoms with E-state index in [1.807, 2.05) is 0 Å². The maximum absolute atomic E-state index is 14.0. The van der Waals surface area contributed by atoms with Crippen LogP contribution >= 0.6 is 0 Å². The number of fused-ring (bicyclic) bond motifs is 1. The number of carbonyl (C=O) groups is 4. The molecule has 0 N–H and O–H groups in total. The molecule has 2 aliphatic heterocycles. The van der Waals surface area contributed by atoms with Gasteiger partial charge in [0.2, 0.25) is 0 Å². The van der Waals surface area contributed by atoms with Crippen LogP contribution in [0.3, 0.4) is 0 Å². The number of likely N-dealkylation sites (tertiary alicyclic amines) is 1. The maximum Gasteiger partial charge on any atom is 0.261 e. The van der Waals surface area contributed by atoms with Crippen LogP contribution in [0, 0.1) is 17.6 Å². The number of rotatable bonds is 4. The van der Waals surface area contributed by atoms with Gasteiger partial charge in [-0.1, -0.05) is 19.3 Å². The number of halogens is 2. The van der Waals surface area contributed by atoms with E-state index in [0.717, 1.165) is 50.3 Å². The Kier molecular flexibility index (Phi) is 6.21. The van der Waals surface area contributed by atoms with Crippen LogP contribution in [0.15, 0.2) is 36.4 Å². The summed E-state index contributed by atoms with van der Waals surface area (Å²) < 4.78 is 27.5. The number of amides is 3. The average Bonchev–Trinajstić information content (AvgIpc) is 3.14. The van der Waals surface area contributed by atoms with Crippen molar-refractivity contribution in [3.63, 3.8) is 0 Å². The van der Waals surface area contributed by atoms with E-state index in [0.29, 0.717) is 24.0 Å². The molecular formula is C27H26F2N2O4.